The van der Waals surface area contributed by atoms with Gasteiger partial charge in [0.25, 0.3) is 0 Å². The maximum Gasteiger partial charge on any atom is 0.225 e. The van der Waals surface area contributed by atoms with Crippen molar-refractivity contribution in [2.45, 2.75) is 70.0 Å². The van der Waals surface area contributed by atoms with Crippen molar-refractivity contribution in [2.75, 3.05) is 13.1 Å². The van der Waals surface area contributed by atoms with E-state index in [2.05, 4.69) is 34.7 Å². The molecule has 3 heteroatoms. The molecule has 0 N–H and O–H groups in total. The van der Waals surface area contributed by atoms with E-state index in [0.29, 0.717) is 22.6 Å². The molecule has 2 unspecified atom stereocenters. The number of rotatable bonds is 4. The summed E-state index contributed by atoms with van der Waals surface area (Å²) in [7, 11) is 0. The van der Waals surface area contributed by atoms with Crippen LogP contribution >= 0.6 is 15.9 Å². The highest BCUT2D eigenvalue weighted by Gasteiger charge is 2.32. The number of alkyl halides is 1. The second-order valence-corrected chi connectivity index (χ2v) is 8.10. The van der Waals surface area contributed by atoms with Gasteiger partial charge in [0.15, 0.2) is 0 Å². The molecule has 1 heterocycles. The monoisotopic (exact) mass is 343 g/mol. The number of amides is 1. The number of halogens is 1. The van der Waals surface area contributed by atoms with Gasteiger partial charge in [0.2, 0.25) is 5.91 Å². The summed E-state index contributed by atoms with van der Waals surface area (Å²) >= 11 is 3.72. The fraction of sp³-hybridized carbons (Fsp3) is 0.941. The molecule has 0 bridgehead atoms. The lowest BCUT2D eigenvalue weighted by Crippen LogP contribution is -2.46. The molecule has 0 aromatic carbocycles. The second kappa shape index (κ2) is 7.82. The van der Waals surface area contributed by atoms with Gasteiger partial charge < -0.3 is 4.90 Å². The molecular formula is C17H30BrNO. The van der Waals surface area contributed by atoms with Crippen LogP contribution in [-0.2, 0) is 4.79 Å². The van der Waals surface area contributed by atoms with Gasteiger partial charge in [-0.05, 0) is 43.9 Å². The number of piperidine rings is 1. The Hall–Kier alpha value is -0.0500. The number of hydrogen-bond donors (Lipinski definition) is 0. The second-order valence-electron chi connectivity index (χ2n) is 6.93. The average molecular weight is 344 g/mol. The topological polar surface area (TPSA) is 20.3 Å². The summed E-state index contributed by atoms with van der Waals surface area (Å²) in [5.41, 5.74) is 0. The van der Waals surface area contributed by atoms with Crippen LogP contribution in [0.15, 0.2) is 0 Å². The first-order valence-corrected chi connectivity index (χ1v) is 9.46. The Morgan fingerprint density at radius 3 is 2.50 bits per heavy atom. The third-order valence-corrected chi connectivity index (χ3v) is 6.63. The zero-order valence-corrected chi connectivity index (χ0v) is 14.7. The molecular weight excluding hydrogens is 314 g/mol. The lowest BCUT2D eigenvalue weighted by Gasteiger charge is -2.38. The van der Waals surface area contributed by atoms with Crippen LogP contribution in [0.2, 0.25) is 0 Å². The summed E-state index contributed by atoms with van der Waals surface area (Å²) < 4.78 is 0. The molecule has 0 aromatic heterocycles. The number of carbonyl (C=O) groups excluding carboxylic acids is 1. The van der Waals surface area contributed by atoms with Gasteiger partial charge in [0, 0.05) is 23.8 Å². The van der Waals surface area contributed by atoms with Gasteiger partial charge in [-0.15, -0.1) is 0 Å². The van der Waals surface area contributed by atoms with Crippen LogP contribution < -0.4 is 0 Å². The zero-order valence-electron chi connectivity index (χ0n) is 13.1. The molecule has 1 saturated carbocycles. The molecule has 1 aliphatic heterocycles. The van der Waals surface area contributed by atoms with E-state index in [1.807, 2.05) is 0 Å². The van der Waals surface area contributed by atoms with Crippen LogP contribution in [-0.4, -0.2) is 28.7 Å². The van der Waals surface area contributed by atoms with E-state index in [0.717, 1.165) is 38.3 Å². The number of likely N-dealkylation sites (tertiary alicyclic amines) is 1. The standard InChI is InChI=1S/C17H30BrNO/c1-3-4-5-14-6-8-15(9-7-14)17(20)19-11-10-16(18)13(2)12-19/h13-16H,3-12H2,1-2H3. The Balaban J connectivity index is 1.77. The Kier molecular flexibility index (Phi) is 6.38. The SMILES string of the molecule is CCCCC1CCC(C(=O)N2CCC(Br)C(C)C2)CC1. The average Bonchev–Trinajstić information content (AvgIpc) is 2.48. The van der Waals surface area contributed by atoms with Crippen LogP contribution in [0.5, 0.6) is 0 Å². The molecule has 2 aliphatic rings. The van der Waals surface area contributed by atoms with E-state index >= 15 is 0 Å². The van der Waals surface area contributed by atoms with Gasteiger partial charge in [0.05, 0.1) is 0 Å². The van der Waals surface area contributed by atoms with Crippen molar-refractivity contribution in [2.24, 2.45) is 17.8 Å². The summed E-state index contributed by atoms with van der Waals surface area (Å²) in [6, 6.07) is 0. The van der Waals surface area contributed by atoms with Gasteiger partial charge in [-0.25, -0.2) is 0 Å². The van der Waals surface area contributed by atoms with Crippen molar-refractivity contribution in [3.63, 3.8) is 0 Å². The van der Waals surface area contributed by atoms with E-state index < -0.39 is 0 Å². The maximum atomic E-state index is 12.6. The van der Waals surface area contributed by atoms with Gasteiger partial charge in [-0.3, -0.25) is 4.79 Å². The fourth-order valence-corrected chi connectivity index (χ4v) is 4.14. The van der Waals surface area contributed by atoms with Crippen molar-refractivity contribution in [3.8, 4) is 0 Å². The molecule has 0 spiro atoms. The van der Waals surface area contributed by atoms with Crippen LogP contribution in [0.1, 0.15) is 65.2 Å². The molecule has 0 radical (unpaired) electrons. The molecule has 2 atom stereocenters. The Bertz CT molecular complexity index is 312. The molecule has 2 nitrogen and oxygen atoms in total. The van der Waals surface area contributed by atoms with Crippen molar-refractivity contribution in [3.05, 3.63) is 0 Å². The number of unbranched alkanes of at least 4 members (excludes halogenated alkanes) is 1. The predicted octanol–water partition coefficient (Wildman–Crippen LogP) is 4.61. The first-order chi connectivity index (χ1) is 9.61. The molecule has 2 rings (SSSR count). The maximum absolute atomic E-state index is 12.6. The van der Waals surface area contributed by atoms with Crippen molar-refractivity contribution in [1.82, 2.24) is 4.90 Å². The number of nitrogens with zero attached hydrogens (tertiary/aromatic N) is 1. The van der Waals surface area contributed by atoms with Crippen LogP contribution in [0.4, 0.5) is 0 Å². The Morgan fingerprint density at radius 2 is 1.90 bits per heavy atom. The largest absolute Gasteiger partial charge is 0.342 e. The molecule has 1 amide bonds. The Morgan fingerprint density at radius 1 is 1.20 bits per heavy atom. The third-order valence-electron chi connectivity index (χ3n) is 5.27. The first kappa shape index (κ1) is 16.3. The lowest BCUT2D eigenvalue weighted by molar-refractivity contribution is -0.138. The van der Waals surface area contributed by atoms with Crippen molar-refractivity contribution in [1.29, 1.82) is 0 Å². The summed E-state index contributed by atoms with van der Waals surface area (Å²) in [6.07, 6.45) is 9.98. The molecule has 116 valence electrons. The van der Waals surface area contributed by atoms with E-state index in [1.165, 1.54) is 32.1 Å². The predicted molar refractivity (Wildman–Crippen MR) is 88.0 cm³/mol. The molecule has 2 fully saturated rings. The summed E-state index contributed by atoms with van der Waals surface area (Å²) in [5, 5.41) is 0. The smallest absolute Gasteiger partial charge is 0.225 e. The van der Waals surface area contributed by atoms with E-state index in [9.17, 15) is 4.79 Å². The molecule has 1 saturated heterocycles. The molecule has 1 aliphatic carbocycles. The summed E-state index contributed by atoms with van der Waals surface area (Å²) in [4.78, 5) is 15.4. The van der Waals surface area contributed by atoms with Gasteiger partial charge in [-0.2, -0.15) is 0 Å². The van der Waals surface area contributed by atoms with Crippen LogP contribution in [0, 0.1) is 17.8 Å². The van der Waals surface area contributed by atoms with Crippen LogP contribution in [0.3, 0.4) is 0 Å². The Labute approximate surface area is 132 Å². The van der Waals surface area contributed by atoms with Crippen molar-refractivity contribution >= 4 is 21.8 Å². The molecule has 20 heavy (non-hydrogen) atoms. The quantitative estimate of drug-likeness (QED) is 0.682. The minimum absolute atomic E-state index is 0.326. The van der Waals surface area contributed by atoms with E-state index in [4.69, 9.17) is 0 Å². The highest BCUT2D eigenvalue weighted by molar-refractivity contribution is 9.09. The normalized spacial score (nSPS) is 35.0. The first-order valence-electron chi connectivity index (χ1n) is 8.54. The minimum atomic E-state index is 0.326. The highest BCUT2D eigenvalue weighted by atomic mass is 79.9. The number of carbonyl (C=O) groups is 1. The van der Waals surface area contributed by atoms with Gasteiger partial charge >= 0.3 is 0 Å². The van der Waals surface area contributed by atoms with Crippen molar-refractivity contribution < 1.29 is 4.79 Å². The minimum Gasteiger partial charge on any atom is -0.342 e. The zero-order chi connectivity index (χ0) is 14.5. The lowest BCUT2D eigenvalue weighted by atomic mass is 9.79. The van der Waals surface area contributed by atoms with E-state index in [1.54, 1.807) is 0 Å². The van der Waals surface area contributed by atoms with E-state index in [-0.39, 0.29) is 0 Å². The highest BCUT2D eigenvalue weighted by Crippen LogP contribution is 2.34. The van der Waals surface area contributed by atoms with Gasteiger partial charge in [-0.1, -0.05) is 49.0 Å². The van der Waals surface area contributed by atoms with Crippen LogP contribution in [0.25, 0.3) is 0 Å². The fourth-order valence-electron chi connectivity index (χ4n) is 3.77. The number of hydrogen-bond acceptors (Lipinski definition) is 1. The van der Waals surface area contributed by atoms with Gasteiger partial charge in [0.1, 0.15) is 0 Å². The third kappa shape index (κ3) is 4.22. The summed E-state index contributed by atoms with van der Waals surface area (Å²) in [5.74, 6) is 2.26. The summed E-state index contributed by atoms with van der Waals surface area (Å²) in [6.45, 7) is 6.42. The molecule has 0 aromatic rings.